The van der Waals surface area contributed by atoms with Gasteiger partial charge in [-0.15, -0.1) is 0 Å². The van der Waals surface area contributed by atoms with E-state index in [1.807, 2.05) is 43.3 Å². The second-order valence-corrected chi connectivity index (χ2v) is 8.29. The first kappa shape index (κ1) is 24.3. The third-order valence-corrected chi connectivity index (χ3v) is 5.13. The first-order valence-corrected chi connectivity index (χ1v) is 10.5. The smallest absolute Gasteiger partial charge is 0.303 e. The second kappa shape index (κ2) is 10.1. The molecule has 0 saturated heterocycles. The van der Waals surface area contributed by atoms with Crippen molar-refractivity contribution in [3.8, 4) is 11.3 Å². The van der Waals surface area contributed by atoms with Crippen LogP contribution in [0.1, 0.15) is 48.2 Å². The molecule has 0 atom stereocenters. The van der Waals surface area contributed by atoms with E-state index in [0.29, 0.717) is 0 Å². The molecule has 0 spiro atoms. The van der Waals surface area contributed by atoms with Crippen LogP contribution in [0.25, 0.3) is 11.3 Å². The Bertz CT molecular complexity index is 1260. The molecule has 2 aromatic heterocycles. The molecule has 0 aliphatic rings. The molecule has 34 heavy (non-hydrogen) atoms. The number of carboxylic acids is 1. The zero-order chi connectivity index (χ0) is 24.9. The number of nitrogens with zero attached hydrogens (tertiary/aromatic N) is 2. The summed E-state index contributed by atoms with van der Waals surface area (Å²) in [5, 5.41) is 13.7. The average molecular weight is 463 g/mol. The van der Waals surface area contributed by atoms with Crippen molar-refractivity contribution in [1.82, 2.24) is 20.3 Å². The van der Waals surface area contributed by atoms with E-state index in [9.17, 15) is 19.2 Å². The first-order chi connectivity index (χ1) is 16.0. The van der Waals surface area contributed by atoms with Crippen LogP contribution in [0.5, 0.6) is 0 Å². The lowest BCUT2D eigenvalue weighted by molar-refractivity contribution is -0.138. The van der Waals surface area contributed by atoms with E-state index in [1.165, 1.54) is 0 Å². The average Bonchev–Trinajstić information content (AvgIpc) is 2.78. The molecule has 0 fully saturated rings. The first-order valence-electron chi connectivity index (χ1n) is 10.5. The summed E-state index contributed by atoms with van der Waals surface area (Å²) in [5.74, 6) is -2.56. The van der Waals surface area contributed by atoms with Gasteiger partial charge in [0.2, 0.25) is 11.9 Å². The molecule has 0 aliphatic heterocycles. The number of hydrogen-bond acceptors (Lipinski definition) is 6. The van der Waals surface area contributed by atoms with Gasteiger partial charge in [0.15, 0.2) is 0 Å². The normalized spacial score (nSPS) is 11.0. The summed E-state index contributed by atoms with van der Waals surface area (Å²) in [7, 11) is 0. The van der Waals surface area contributed by atoms with Gasteiger partial charge in [-0.05, 0) is 32.4 Å². The number of amides is 2. The summed E-state index contributed by atoms with van der Waals surface area (Å²) >= 11 is 0. The maximum atomic E-state index is 12.7. The number of anilines is 1. The predicted octanol–water partition coefficient (Wildman–Crippen LogP) is 2.61. The van der Waals surface area contributed by atoms with Crippen LogP contribution in [0.4, 0.5) is 5.95 Å². The third kappa shape index (κ3) is 6.12. The molecule has 3 rings (SSSR count). The highest BCUT2D eigenvalue weighted by atomic mass is 16.4. The number of hydrogen-bond donors (Lipinski definition) is 4. The molecule has 1 aromatic carbocycles. The lowest BCUT2D eigenvalue weighted by atomic mass is 9.95. The summed E-state index contributed by atoms with van der Waals surface area (Å²) in [6.45, 7) is 5.58. The number of aromatic amines is 1. The van der Waals surface area contributed by atoms with Crippen molar-refractivity contribution in [2.75, 3.05) is 5.32 Å². The third-order valence-electron chi connectivity index (χ3n) is 5.13. The van der Waals surface area contributed by atoms with Crippen LogP contribution in [-0.2, 0) is 15.1 Å². The fourth-order valence-corrected chi connectivity index (χ4v) is 3.12. The molecular weight excluding hydrogens is 438 g/mol. The Kier molecular flexibility index (Phi) is 7.20. The zero-order valence-corrected chi connectivity index (χ0v) is 19.0. The molecule has 0 radical (unpaired) electrons. The number of carbonyl (C=O) groups is 3. The molecule has 2 amide bonds. The summed E-state index contributed by atoms with van der Waals surface area (Å²) in [6.07, 6.45) is 2.10. The van der Waals surface area contributed by atoms with E-state index in [-0.39, 0.29) is 24.4 Å². The van der Waals surface area contributed by atoms with Crippen LogP contribution in [0.15, 0.2) is 53.6 Å². The lowest BCUT2D eigenvalue weighted by Gasteiger charge is -2.26. The number of aromatic nitrogens is 3. The molecule has 3 aromatic rings. The van der Waals surface area contributed by atoms with Crippen LogP contribution in [0, 0.1) is 6.92 Å². The topological polar surface area (TPSA) is 154 Å². The van der Waals surface area contributed by atoms with E-state index in [0.717, 1.165) is 28.6 Å². The fourth-order valence-electron chi connectivity index (χ4n) is 3.12. The Morgan fingerprint density at radius 3 is 2.29 bits per heavy atom. The maximum absolute atomic E-state index is 12.7. The SMILES string of the molecule is Cc1ccc(-c2ccc(C(C)(C)NC(=O)c3cnc(NC(=O)CCC(=O)O)[nH]c3=O)cn2)cc1. The number of pyridine rings is 1. The Balaban J connectivity index is 1.69. The summed E-state index contributed by atoms with van der Waals surface area (Å²) in [5.41, 5.74) is 1.85. The van der Waals surface area contributed by atoms with Gasteiger partial charge in [-0.1, -0.05) is 35.9 Å². The largest absolute Gasteiger partial charge is 0.481 e. The van der Waals surface area contributed by atoms with Crippen molar-refractivity contribution >= 4 is 23.7 Å². The number of aryl methyl sites for hydroxylation is 1. The lowest BCUT2D eigenvalue weighted by Crippen LogP contribution is -2.43. The van der Waals surface area contributed by atoms with E-state index < -0.39 is 28.9 Å². The van der Waals surface area contributed by atoms with Gasteiger partial charge in [0.05, 0.1) is 17.7 Å². The molecule has 2 heterocycles. The number of aliphatic carboxylic acids is 1. The second-order valence-electron chi connectivity index (χ2n) is 8.29. The van der Waals surface area contributed by atoms with Gasteiger partial charge in [0.1, 0.15) is 5.56 Å². The fraction of sp³-hybridized carbons (Fsp3) is 0.250. The maximum Gasteiger partial charge on any atom is 0.303 e. The molecular formula is C24H25N5O5. The van der Waals surface area contributed by atoms with Crippen molar-refractivity contribution < 1.29 is 19.5 Å². The number of carbonyl (C=O) groups excluding carboxylic acids is 2. The minimum Gasteiger partial charge on any atom is -0.481 e. The Morgan fingerprint density at radius 1 is 1.00 bits per heavy atom. The minimum atomic E-state index is -1.12. The molecule has 0 unspecified atom stereocenters. The van der Waals surface area contributed by atoms with Gasteiger partial charge in [0, 0.05) is 24.4 Å². The van der Waals surface area contributed by atoms with Gasteiger partial charge in [-0.3, -0.25) is 34.5 Å². The summed E-state index contributed by atoms with van der Waals surface area (Å²) < 4.78 is 0. The Labute approximate surface area is 195 Å². The van der Waals surface area contributed by atoms with Crippen LogP contribution >= 0.6 is 0 Å². The number of carboxylic acid groups (broad SMARTS) is 1. The highest BCUT2D eigenvalue weighted by molar-refractivity contribution is 5.94. The van der Waals surface area contributed by atoms with E-state index in [1.54, 1.807) is 20.0 Å². The Morgan fingerprint density at radius 2 is 1.71 bits per heavy atom. The Hall–Kier alpha value is -4.34. The van der Waals surface area contributed by atoms with Gasteiger partial charge in [-0.2, -0.15) is 0 Å². The van der Waals surface area contributed by atoms with Crippen molar-refractivity contribution in [3.63, 3.8) is 0 Å². The number of H-pyrrole nitrogens is 1. The number of benzene rings is 1. The van der Waals surface area contributed by atoms with E-state index in [4.69, 9.17) is 5.11 Å². The molecule has 10 heteroatoms. The minimum absolute atomic E-state index is 0.174. The summed E-state index contributed by atoms with van der Waals surface area (Å²) in [6, 6.07) is 11.7. The van der Waals surface area contributed by atoms with Crippen molar-refractivity contribution in [2.45, 2.75) is 39.2 Å². The van der Waals surface area contributed by atoms with Crippen LogP contribution in [0.3, 0.4) is 0 Å². The molecule has 0 aliphatic carbocycles. The van der Waals surface area contributed by atoms with Gasteiger partial charge < -0.3 is 10.4 Å². The number of rotatable bonds is 8. The molecule has 10 nitrogen and oxygen atoms in total. The molecule has 176 valence electrons. The quantitative estimate of drug-likeness (QED) is 0.400. The molecule has 4 N–H and O–H groups in total. The highest BCUT2D eigenvalue weighted by Crippen LogP contribution is 2.23. The monoisotopic (exact) mass is 463 g/mol. The van der Waals surface area contributed by atoms with Crippen molar-refractivity contribution in [1.29, 1.82) is 0 Å². The van der Waals surface area contributed by atoms with Gasteiger partial charge in [-0.25, -0.2) is 4.98 Å². The zero-order valence-electron chi connectivity index (χ0n) is 19.0. The van der Waals surface area contributed by atoms with E-state index in [2.05, 4.69) is 25.6 Å². The predicted molar refractivity (Wildman–Crippen MR) is 125 cm³/mol. The molecule has 0 bridgehead atoms. The molecule has 0 saturated carbocycles. The number of nitrogens with one attached hydrogen (secondary N) is 3. The van der Waals surface area contributed by atoms with Crippen LogP contribution in [-0.4, -0.2) is 37.8 Å². The van der Waals surface area contributed by atoms with Crippen LogP contribution in [0.2, 0.25) is 0 Å². The summed E-state index contributed by atoms with van der Waals surface area (Å²) in [4.78, 5) is 58.0. The highest BCUT2D eigenvalue weighted by Gasteiger charge is 2.25. The van der Waals surface area contributed by atoms with Crippen molar-refractivity contribution in [2.24, 2.45) is 0 Å². The van der Waals surface area contributed by atoms with Crippen LogP contribution < -0.4 is 16.2 Å². The van der Waals surface area contributed by atoms with Gasteiger partial charge in [0.25, 0.3) is 11.5 Å². The standard InChI is InChI=1S/C24H25N5O5/c1-14-4-6-15(7-5-14)18-9-8-16(12-25-18)24(2,3)29-22(34)17-13-26-23(28-21(17)33)27-19(30)10-11-20(31)32/h4-9,12-13H,10-11H2,1-3H3,(H,29,34)(H,31,32)(H2,26,27,28,30,33). The van der Waals surface area contributed by atoms with Crippen molar-refractivity contribution in [3.05, 3.63) is 75.8 Å². The van der Waals surface area contributed by atoms with E-state index >= 15 is 0 Å². The van der Waals surface area contributed by atoms with Gasteiger partial charge >= 0.3 is 5.97 Å².